The van der Waals surface area contributed by atoms with Crippen LogP contribution in [0.1, 0.15) is 24.5 Å². The lowest BCUT2D eigenvalue weighted by Crippen LogP contribution is -2.20. The molecular formula is C16H22N2O. The molecule has 0 radical (unpaired) electrons. The highest BCUT2D eigenvalue weighted by atomic mass is 16.3. The quantitative estimate of drug-likeness (QED) is 0.771. The molecule has 1 aromatic heterocycles. The molecule has 0 aliphatic rings. The van der Waals surface area contributed by atoms with Crippen molar-refractivity contribution in [2.24, 2.45) is 0 Å². The standard InChI is InChI=1S/C16H22N2O/c1-3-9-17-11-15-6-4-5-7-16(15)18(2)12-14-8-10-19-13-14/h4-8,10,13,17H,3,9,11-12H2,1-2H3. The Balaban J connectivity index is 2.05. The summed E-state index contributed by atoms with van der Waals surface area (Å²) in [5.41, 5.74) is 3.80. The van der Waals surface area contributed by atoms with Crippen LogP contribution in [0.2, 0.25) is 0 Å². The second kappa shape index (κ2) is 7.00. The van der Waals surface area contributed by atoms with Crippen molar-refractivity contribution < 1.29 is 4.42 Å². The summed E-state index contributed by atoms with van der Waals surface area (Å²) < 4.78 is 5.12. The second-order valence-corrected chi connectivity index (χ2v) is 4.79. The van der Waals surface area contributed by atoms with Gasteiger partial charge in [0.05, 0.1) is 12.5 Å². The highest BCUT2D eigenvalue weighted by Crippen LogP contribution is 2.21. The maximum Gasteiger partial charge on any atom is 0.0952 e. The summed E-state index contributed by atoms with van der Waals surface area (Å²) in [6, 6.07) is 10.5. The molecule has 2 rings (SSSR count). The van der Waals surface area contributed by atoms with E-state index in [4.69, 9.17) is 4.42 Å². The topological polar surface area (TPSA) is 28.4 Å². The van der Waals surface area contributed by atoms with Gasteiger partial charge in [-0.05, 0) is 30.7 Å². The summed E-state index contributed by atoms with van der Waals surface area (Å²) in [4.78, 5) is 2.26. The van der Waals surface area contributed by atoms with Gasteiger partial charge in [0.1, 0.15) is 0 Å². The maximum absolute atomic E-state index is 5.12. The first-order chi connectivity index (χ1) is 9.31. The third-order valence-corrected chi connectivity index (χ3v) is 3.14. The van der Waals surface area contributed by atoms with Crippen LogP contribution < -0.4 is 10.2 Å². The van der Waals surface area contributed by atoms with Crippen LogP contribution in [0.5, 0.6) is 0 Å². The molecule has 1 aromatic carbocycles. The van der Waals surface area contributed by atoms with Crippen LogP contribution in [0.4, 0.5) is 5.69 Å². The van der Waals surface area contributed by atoms with Crippen LogP contribution in [0, 0.1) is 0 Å². The van der Waals surface area contributed by atoms with Crippen LogP contribution in [-0.2, 0) is 13.1 Å². The Morgan fingerprint density at radius 2 is 2.05 bits per heavy atom. The average molecular weight is 258 g/mol. The van der Waals surface area contributed by atoms with Crippen LogP contribution >= 0.6 is 0 Å². The highest BCUT2D eigenvalue weighted by molar-refractivity contribution is 5.53. The van der Waals surface area contributed by atoms with Gasteiger partial charge in [0.25, 0.3) is 0 Å². The minimum absolute atomic E-state index is 0.862. The minimum Gasteiger partial charge on any atom is -0.472 e. The largest absolute Gasteiger partial charge is 0.472 e. The molecule has 102 valence electrons. The molecule has 0 unspecified atom stereocenters. The van der Waals surface area contributed by atoms with Crippen molar-refractivity contribution in [3.63, 3.8) is 0 Å². The summed E-state index contributed by atoms with van der Waals surface area (Å²) in [6.45, 7) is 5.02. The predicted molar refractivity (Wildman–Crippen MR) is 79.3 cm³/mol. The van der Waals surface area contributed by atoms with E-state index in [1.54, 1.807) is 12.5 Å². The predicted octanol–water partition coefficient (Wildman–Crippen LogP) is 3.42. The fourth-order valence-corrected chi connectivity index (χ4v) is 2.17. The fraction of sp³-hybridized carbons (Fsp3) is 0.375. The van der Waals surface area contributed by atoms with Crippen molar-refractivity contribution in [3.8, 4) is 0 Å². The van der Waals surface area contributed by atoms with E-state index < -0.39 is 0 Å². The Morgan fingerprint density at radius 3 is 2.79 bits per heavy atom. The molecule has 0 saturated heterocycles. The lowest BCUT2D eigenvalue weighted by Gasteiger charge is -2.22. The number of hydrogen-bond donors (Lipinski definition) is 1. The van der Waals surface area contributed by atoms with Gasteiger partial charge in [-0.25, -0.2) is 0 Å². The molecule has 0 saturated carbocycles. The third-order valence-electron chi connectivity index (χ3n) is 3.14. The number of para-hydroxylation sites is 1. The second-order valence-electron chi connectivity index (χ2n) is 4.79. The van der Waals surface area contributed by atoms with Crippen molar-refractivity contribution in [1.82, 2.24) is 5.32 Å². The van der Waals surface area contributed by atoms with E-state index in [0.717, 1.165) is 26.1 Å². The SMILES string of the molecule is CCCNCc1ccccc1N(C)Cc1ccoc1. The monoisotopic (exact) mass is 258 g/mol. The lowest BCUT2D eigenvalue weighted by molar-refractivity contribution is 0.563. The Bertz CT molecular complexity index is 479. The normalized spacial score (nSPS) is 10.6. The van der Waals surface area contributed by atoms with Gasteiger partial charge < -0.3 is 14.6 Å². The van der Waals surface area contributed by atoms with Crippen LogP contribution in [-0.4, -0.2) is 13.6 Å². The molecule has 2 aromatic rings. The van der Waals surface area contributed by atoms with Gasteiger partial charge in [0.2, 0.25) is 0 Å². The zero-order valence-corrected chi connectivity index (χ0v) is 11.7. The van der Waals surface area contributed by atoms with Gasteiger partial charge in [-0.3, -0.25) is 0 Å². The Hall–Kier alpha value is -1.74. The maximum atomic E-state index is 5.12. The number of benzene rings is 1. The van der Waals surface area contributed by atoms with Gasteiger partial charge in [0, 0.05) is 31.4 Å². The number of hydrogen-bond acceptors (Lipinski definition) is 3. The van der Waals surface area contributed by atoms with E-state index in [1.807, 2.05) is 6.07 Å². The van der Waals surface area contributed by atoms with Crippen LogP contribution in [0.3, 0.4) is 0 Å². The molecule has 0 atom stereocenters. The molecule has 19 heavy (non-hydrogen) atoms. The smallest absolute Gasteiger partial charge is 0.0952 e. The molecule has 1 heterocycles. The highest BCUT2D eigenvalue weighted by Gasteiger charge is 2.07. The van der Waals surface area contributed by atoms with E-state index in [2.05, 4.69) is 48.5 Å². The van der Waals surface area contributed by atoms with Gasteiger partial charge in [-0.2, -0.15) is 0 Å². The Morgan fingerprint density at radius 1 is 1.21 bits per heavy atom. The molecule has 0 bridgehead atoms. The first-order valence-corrected chi connectivity index (χ1v) is 6.82. The van der Waals surface area contributed by atoms with Gasteiger partial charge in [0.15, 0.2) is 0 Å². The van der Waals surface area contributed by atoms with Crippen molar-refractivity contribution in [3.05, 3.63) is 54.0 Å². The first-order valence-electron chi connectivity index (χ1n) is 6.82. The molecule has 0 aliphatic carbocycles. The van der Waals surface area contributed by atoms with Gasteiger partial charge in [-0.1, -0.05) is 25.1 Å². The first kappa shape index (κ1) is 13.7. The summed E-state index contributed by atoms with van der Waals surface area (Å²) in [6.07, 6.45) is 4.68. The number of anilines is 1. The number of furan rings is 1. The summed E-state index contributed by atoms with van der Waals surface area (Å²) >= 11 is 0. The van der Waals surface area contributed by atoms with Crippen molar-refractivity contribution in [1.29, 1.82) is 0 Å². The van der Waals surface area contributed by atoms with Crippen LogP contribution in [0.25, 0.3) is 0 Å². The third kappa shape index (κ3) is 3.86. The number of rotatable bonds is 7. The summed E-state index contributed by atoms with van der Waals surface area (Å²) in [5.74, 6) is 0. The van der Waals surface area contributed by atoms with E-state index in [-0.39, 0.29) is 0 Å². The zero-order chi connectivity index (χ0) is 13.5. The minimum atomic E-state index is 0.862. The molecule has 3 heteroatoms. The Labute approximate surface area is 115 Å². The molecule has 0 aliphatic heterocycles. The van der Waals surface area contributed by atoms with Crippen molar-refractivity contribution >= 4 is 5.69 Å². The fourth-order valence-electron chi connectivity index (χ4n) is 2.17. The van der Waals surface area contributed by atoms with E-state index in [0.29, 0.717) is 0 Å². The van der Waals surface area contributed by atoms with Crippen molar-refractivity contribution in [2.45, 2.75) is 26.4 Å². The zero-order valence-electron chi connectivity index (χ0n) is 11.7. The number of nitrogens with one attached hydrogen (secondary N) is 1. The van der Waals surface area contributed by atoms with E-state index >= 15 is 0 Å². The molecular weight excluding hydrogens is 236 g/mol. The lowest BCUT2D eigenvalue weighted by atomic mass is 10.1. The van der Waals surface area contributed by atoms with Crippen molar-refractivity contribution in [2.75, 3.05) is 18.5 Å². The molecule has 1 N–H and O–H groups in total. The average Bonchev–Trinajstić information content (AvgIpc) is 2.92. The molecule has 0 amide bonds. The summed E-state index contributed by atoms with van der Waals surface area (Å²) in [5, 5.41) is 3.46. The Kier molecular flexibility index (Phi) is 5.04. The summed E-state index contributed by atoms with van der Waals surface area (Å²) in [7, 11) is 2.12. The van der Waals surface area contributed by atoms with Gasteiger partial charge >= 0.3 is 0 Å². The van der Waals surface area contributed by atoms with E-state index in [1.165, 1.54) is 16.8 Å². The number of nitrogens with zero attached hydrogens (tertiary/aromatic N) is 1. The molecule has 0 spiro atoms. The molecule has 3 nitrogen and oxygen atoms in total. The molecule has 0 fully saturated rings. The van der Waals surface area contributed by atoms with Crippen LogP contribution in [0.15, 0.2) is 47.3 Å². The van der Waals surface area contributed by atoms with E-state index in [9.17, 15) is 0 Å². The van der Waals surface area contributed by atoms with Gasteiger partial charge in [-0.15, -0.1) is 0 Å².